The maximum atomic E-state index is 12.9. The predicted molar refractivity (Wildman–Crippen MR) is 111 cm³/mol. The van der Waals surface area contributed by atoms with E-state index in [1.807, 2.05) is 24.3 Å². The highest BCUT2D eigenvalue weighted by Gasteiger charge is 2.30. The Morgan fingerprint density at radius 2 is 2.17 bits per heavy atom. The Hall–Kier alpha value is -2.29. The fourth-order valence-corrected chi connectivity index (χ4v) is 4.38. The van der Waals surface area contributed by atoms with Gasteiger partial charge in [-0.1, -0.05) is 23.7 Å². The summed E-state index contributed by atoms with van der Waals surface area (Å²) in [6.45, 7) is 1.59. The molecule has 0 aliphatic carbocycles. The average Bonchev–Trinajstić information content (AvgIpc) is 2.75. The van der Waals surface area contributed by atoms with Gasteiger partial charge in [-0.05, 0) is 24.3 Å². The van der Waals surface area contributed by atoms with E-state index in [4.69, 9.17) is 21.1 Å². The van der Waals surface area contributed by atoms with E-state index in [1.165, 1.54) is 11.8 Å². The maximum absolute atomic E-state index is 12.9. The molecular weight excluding hydrogens is 414 g/mol. The van der Waals surface area contributed by atoms with Crippen LogP contribution in [0.3, 0.4) is 0 Å². The summed E-state index contributed by atoms with van der Waals surface area (Å²) >= 11 is 7.50. The van der Waals surface area contributed by atoms with Crippen molar-refractivity contribution >= 4 is 40.9 Å². The number of thioether (sulfide) groups is 1. The van der Waals surface area contributed by atoms with E-state index in [1.54, 1.807) is 28.1 Å². The van der Waals surface area contributed by atoms with Gasteiger partial charge in [0.25, 0.3) is 0 Å². The number of para-hydroxylation sites is 1. The minimum Gasteiger partial charge on any atom is -0.488 e. The molecule has 2 aliphatic rings. The van der Waals surface area contributed by atoms with Gasteiger partial charge in [0.05, 0.1) is 24.6 Å². The Kier molecular flexibility index (Phi) is 6.22. The van der Waals surface area contributed by atoms with E-state index in [0.717, 1.165) is 10.6 Å². The Balaban J connectivity index is 1.37. The number of morpholine rings is 1. The van der Waals surface area contributed by atoms with Crippen molar-refractivity contribution in [3.63, 3.8) is 0 Å². The summed E-state index contributed by atoms with van der Waals surface area (Å²) in [7, 11) is 0. The Labute approximate surface area is 177 Å². The molecule has 0 N–H and O–H groups in total. The van der Waals surface area contributed by atoms with Crippen molar-refractivity contribution in [3.8, 4) is 5.75 Å². The van der Waals surface area contributed by atoms with Gasteiger partial charge in [-0.15, -0.1) is 11.8 Å². The van der Waals surface area contributed by atoms with Gasteiger partial charge in [0.1, 0.15) is 19.3 Å². The number of carbonyl (C=O) groups excluding carboxylic acids is 2. The van der Waals surface area contributed by atoms with E-state index in [-0.39, 0.29) is 36.2 Å². The number of nitrogens with zero attached hydrogens (tertiary/aromatic N) is 3. The largest absolute Gasteiger partial charge is 0.488 e. The smallest absolute Gasteiger partial charge is 0.242 e. The zero-order chi connectivity index (χ0) is 20.2. The summed E-state index contributed by atoms with van der Waals surface area (Å²) < 4.78 is 11.4. The Morgan fingerprint density at radius 1 is 1.31 bits per heavy atom. The summed E-state index contributed by atoms with van der Waals surface area (Å²) in [5, 5.41) is 0.288. The number of carbonyl (C=O) groups is 2. The second-order valence-corrected chi connectivity index (χ2v) is 8.05. The summed E-state index contributed by atoms with van der Waals surface area (Å²) in [5.74, 6) is 0.666. The van der Waals surface area contributed by atoms with Gasteiger partial charge < -0.3 is 19.3 Å². The van der Waals surface area contributed by atoms with Crippen molar-refractivity contribution in [2.75, 3.05) is 43.5 Å². The summed E-state index contributed by atoms with van der Waals surface area (Å²) in [6, 6.07) is 11.1. The van der Waals surface area contributed by atoms with Crippen molar-refractivity contribution in [2.24, 2.45) is 0 Å². The number of hydrogen-bond acceptors (Lipinski definition) is 6. The minimum atomic E-state index is -0.274. The first kappa shape index (κ1) is 20.0. The van der Waals surface area contributed by atoms with Crippen LogP contribution < -0.4 is 9.64 Å². The third kappa shape index (κ3) is 4.66. The number of rotatable bonds is 5. The van der Waals surface area contributed by atoms with E-state index in [0.29, 0.717) is 31.2 Å². The zero-order valence-electron chi connectivity index (χ0n) is 15.6. The number of hydrogen-bond donors (Lipinski definition) is 0. The van der Waals surface area contributed by atoms with Gasteiger partial charge >= 0.3 is 0 Å². The summed E-state index contributed by atoms with van der Waals surface area (Å²) in [5.41, 5.74) is 0.793. The lowest BCUT2D eigenvalue weighted by atomic mass is 10.2. The molecular formula is C20H20ClN3O4S. The van der Waals surface area contributed by atoms with Crippen LogP contribution in [0.2, 0.25) is 5.15 Å². The number of halogens is 1. The number of pyridine rings is 1. The highest BCUT2D eigenvalue weighted by molar-refractivity contribution is 8.00. The van der Waals surface area contributed by atoms with Gasteiger partial charge in [0, 0.05) is 17.6 Å². The molecule has 1 atom stereocenters. The van der Waals surface area contributed by atoms with E-state index >= 15 is 0 Å². The first-order valence-corrected chi connectivity index (χ1v) is 10.6. The number of benzene rings is 1. The fourth-order valence-electron chi connectivity index (χ4n) is 3.27. The molecule has 2 amide bonds. The molecule has 0 radical (unpaired) electrons. The number of fused-ring (bicyclic) bond motifs is 1. The number of anilines is 1. The Bertz CT molecular complexity index is 913. The molecule has 1 aromatic carbocycles. The second kappa shape index (κ2) is 9.02. The molecule has 2 aromatic rings. The van der Waals surface area contributed by atoms with Crippen molar-refractivity contribution in [1.29, 1.82) is 0 Å². The molecule has 1 fully saturated rings. The fraction of sp³-hybridized carbons (Fsp3) is 0.350. The average molecular weight is 434 g/mol. The molecule has 2 aliphatic heterocycles. The van der Waals surface area contributed by atoms with Crippen LogP contribution in [0.5, 0.6) is 5.75 Å². The molecule has 3 heterocycles. The third-order valence-corrected chi connectivity index (χ3v) is 6.07. The zero-order valence-corrected chi connectivity index (χ0v) is 17.2. The van der Waals surface area contributed by atoms with Gasteiger partial charge in [-0.2, -0.15) is 0 Å². The minimum absolute atomic E-state index is 0.0262. The number of aromatic nitrogens is 1. The number of ether oxygens (including phenoxy) is 2. The van der Waals surface area contributed by atoms with Crippen LogP contribution in [0, 0.1) is 0 Å². The SMILES string of the molecule is O=C(CN1C(=O)CSc2ccccc21)N1CCOC(COc2cccnc2Cl)C1. The molecule has 1 unspecified atom stereocenters. The van der Waals surface area contributed by atoms with Crippen LogP contribution in [0.15, 0.2) is 47.5 Å². The van der Waals surface area contributed by atoms with Crippen molar-refractivity contribution in [1.82, 2.24) is 9.88 Å². The highest BCUT2D eigenvalue weighted by atomic mass is 35.5. The molecule has 4 rings (SSSR count). The van der Waals surface area contributed by atoms with Crippen molar-refractivity contribution < 1.29 is 19.1 Å². The molecule has 0 spiro atoms. The lowest BCUT2D eigenvalue weighted by Crippen LogP contribution is -2.51. The molecule has 0 saturated carbocycles. The lowest BCUT2D eigenvalue weighted by molar-refractivity contribution is -0.139. The Morgan fingerprint density at radius 3 is 3.03 bits per heavy atom. The number of amides is 2. The maximum Gasteiger partial charge on any atom is 0.242 e. The predicted octanol–water partition coefficient (Wildman–Crippen LogP) is 2.48. The van der Waals surface area contributed by atoms with E-state index in [2.05, 4.69) is 4.98 Å². The van der Waals surface area contributed by atoms with Crippen LogP contribution >= 0.6 is 23.4 Å². The molecule has 0 bridgehead atoms. The van der Waals surface area contributed by atoms with Gasteiger partial charge in [0.15, 0.2) is 10.9 Å². The quantitative estimate of drug-likeness (QED) is 0.674. The normalized spacial score (nSPS) is 19.1. The molecule has 1 aromatic heterocycles. The molecule has 152 valence electrons. The third-order valence-electron chi connectivity index (χ3n) is 4.74. The van der Waals surface area contributed by atoms with Gasteiger partial charge in [0.2, 0.25) is 11.8 Å². The van der Waals surface area contributed by atoms with Crippen molar-refractivity contribution in [2.45, 2.75) is 11.0 Å². The highest BCUT2D eigenvalue weighted by Crippen LogP contribution is 2.34. The summed E-state index contributed by atoms with van der Waals surface area (Å²) in [4.78, 5) is 33.6. The van der Waals surface area contributed by atoms with Crippen LogP contribution in [-0.2, 0) is 14.3 Å². The van der Waals surface area contributed by atoms with Crippen molar-refractivity contribution in [3.05, 3.63) is 47.7 Å². The van der Waals surface area contributed by atoms with Crippen LogP contribution in [0.4, 0.5) is 5.69 Å². The van der Waals surface area contributed by atoms with Gasteiger partial charge in [-0.3, -0.25) is 9.59 Å². The van der Waals surface area contributed by atoms with Crippen LogP contribution in [0.1, 0.15) is 0 Å². The lowest BCUT2D eigenvalue weighted by Gasteiger charge is -2.35. The molecule has 7 nitrogen and oxygen atoms in total. The van der Waals surface area contributed by atoms with E-state index < -0.39 is 0 Å². The van der Waals surface area contributed by atoms with E-state index in [9.17, 15) is 9.59 Å². The molecule has 1 saturated heterocycles. The summed E-state index contributed by atoms with van der Waals surface area (Å²) in [6.07, 6.45) is 1.31. The monoisotopic (exact) mass is 433 g/mol. The topological polar surface area (TPSA) is 72.0 Å². The second-order valence-electron chi connectivity index (χ2n) is 6.67. The van der Waals surface area contributed by atoms with Crippen LogP contribution in [0.25, 0.3) is 0 Å². The van der Waals surface area contributed by atoms with Crippen LogP contribution in [-0.4, -0.2) is 66.4 Å². The molecule has 29 heavy (non-hydrogen) atoms. The first-order valence-electron chi connectivity index (χ1n) is 9.26. The first-order chi connectivity index (χ1) is 14.1. The van der Waals surface area contributed by atoms with Gasteiger partial charge in [-0.25, -0.2) is 4.98 Å². The molecule has 9 heteroatoms. The standard InChI is InChI=1S/C20H20ClN3O4S/c21-20-16(5-3-7-22-20)28-12-14-10-23(8-9-27-14)18(25)11-24-15-4-1-2-6-17(15)29-13-19(24)26/h1-7,14H,8-13H2.